The van der Waals surface area contributed by atoms with E-state index in [0.29, 0.717) is 0 Å². The maximum atomic E-state index is 6.05. The number of rotatable bonds is 2. The zero-order chi connectivity index (χ0) is 15.0. The molecule has 0 saturated carbocycles. The highest BCUT2D eigenvalue weighted by atomic mass is 79.9. The van der Waals surface area contributed by atoms with Gasteiger partial charge in [0.15, 0.2) is 0 Å². The third-order valence-corrected chi connectivity index (χ3v) is 5.55. The molecule has 21 heavy (non-hydrogen) atoms. The van der Waals surface area contributed by atoms with Gasteiger partial charge in [-0.05, 0) is 46.5 Å². The van der Waals surface area contributed by atoms with Gasteiger partial charge in [0, 0.05) is 9.50 Å². The summed E-state index contributed by atoms with van der Waals surface area (Å²) in [6.45, 7) is 2.15. The van der Waals surface area contributed by atoms with Crippen LogP contribution in [0.4, 0.5) is 0 Å². The molecule has 0 saturated heterocycles. The molecule has 3 heteroatoms. The first kappa shape index (κ1) is 15.1. The van der Waals surface area contributed by atoms with Gasteiger partial charge in [-0.25, -0.2) is 0 Å². The Morgan fingerprint density at radius 3 is 2.52 bits per heavy atom. The minimum absolute atomic E-state index is 0.121. The number of benzene rings is 3. The van der Waals surface area contributed by atoms with E-state index >= 15 is 0 Å². The Morgan fingerprint density at radius 1 is 1.00 bits per heavy atom. The molecular formula is C18H13Br2Cl. The molecule has 0 radical (unpaired) electrons. The van der Waals surface area contributed by atoms with Crippen LogP contribution in [0.25, 0.3) is 10.8 Å². The highest BCUT2D eigenvalue weighted by Gasteiger charge is 2.18. The largest absolute Gasteiger partial charge is 0.0843 e. The lowest BCUT2D eigenvalue weighted by atomic mass is 9.94. The van der Waals surface area contributed by atoms with Crippen LogP contribution in [-0.4, -0.2) is 0 Å². The van der Waals surface area contributed by atoms with Crippen molar-refractivity contribution in [2.45, 2.75) is 11.8 Å². The Bertz CT molecular complexity index is 811. The van der Waals surface area contributed by atoms with E-state index in [0.717, 1.165) is 9.50 Å². The predicted octanol–water partition coefficient (Wildman–Crippen LogP) is 7.05. The highest BCUT2D eigenvalue weighted by molar-refractivity contribution is 9.11. The van der Waals surface area contributed by atoms with Gasteiger partial charge in [0.1, 0.15) is 0 Å². The van der Waals surface area contributed by atoms with Crippen LogP contribution in [0.2, 0.25) is 5.02 Å². The first-order valence-electron chi connectivity index (χ1n) is 6.65. The minimum Gasteiger partial charge on any atom is -0.0843 e. The van der Waals surface area contributed by atoms with Crippen molar-refractivity contribution >= 4 is 54.2 Å². The lowest BCUT2D eigenvalue weighted by molar-refractivity contribution is 1.15. The number of halogens is 3. The summed E-state index contributed by atoms with van der Waals surface area (Å²) in [4.78, 5) is 0.121. The normalized spacial score (nSPS) is 12.6. The second-order valence-corrected chi connectivity index (χ2v) is 7.25. The van der Waals surface area contributed by atoms with Gasteiger partial charge in [-0.15, -0.1) is 0 Å². The summed E-state index contributed by atoms with van der Waals surface area (Å²) < 4.78 is 1.02. The number of alkyl halides is 1. The van der Waals surface area contributed by atoms with Gasteiger partial charge >= 0.3 is 0 Å². The van der Waals surface area contributed by atoms with Gasteiger partial charge in [-0.3, -0.25) is 0 Å². The molecule has 0 bridgehead atoms. The van der Waals surface area contributed by atoms with Crippen molar-refractivity contribution in [2.24, 2.45) is 0 Å². The smallest absolute Gasteiger partial charge is 0.0664 e. The van der Waals surface area contributed by atoms with Crippen LogP contribution in [0.3, 0.4) is 0 Å². The van der Waals surface area contributed by atoms with E-state index in [1.165, 1.54) is 27.5 Å². The first-order chi connectivity index (χ1) is 10.1. The highest BCUT2D eigenvalue weighted by Crippen LogP contribution is 2.40. The van der Waals surface area contributed by atoms with E-state index in [9.17, 15) is 0 Å². The molecule has 0 aliphatic carbocycles. The lowest BCUT2D eigenvalue weighted by Gasteiger charge is -2.18. The second-order valence-electron chi connectivity index (χ2n) is 5.05. The van der Waals surface area contributed by atoms with Crippen LogP contribution in [0, 0.1) is 6.92 Å². The van der Waals surface area contributed by atoms with Crippen molar-refractivity contribution in [3.63, 3.8) is 0 Å². The molecule has 106 valence electrons. The van der Waals surface area contributed by atoms with E-state index in [-0.39, 0.29) is 4.83 Å². The zero-order valence-electron chi connectivity index (χ0n) is 11.4. The standard InChI is InChI=1S/C18H13Br2Cl/c1-11-6-7-12-4-2-3-5-14(12)17(11)18(20)15-9-8-13(21)10-16(15)19/h2-10,18H,1H3. The fourth-order valence-corrected chi connectivity index (χ4v) is 4.83. The van der Waals surface area contributed by atoms with Crippen LogP contribution in [0.1, 0.15) is 21.5 Å². The monoisotopic (exact) mass is 422 g/mol. The van der Waals surface area contributed by atoms with E-state index in [1.807, 2.05) is 12.1 Å². The zero-order valence-corrected chi connectivity index (χ0v) is 15.3. The SMILES string of the molecule is Cc1ccc2ccccc2c1C(Br)c1ccc(Cl)cc1Br. The number of fused-ring (bicyclic) bond motifs is 1. The molecule has 3 aromatic carbocycles. The minimum atomic E-state index is 0.121. The molecule has 3 rings (SSSR count). The fraction of sp³-hybridized carbons (Fsp3) is 0.111. The average Bonchev–Trinajstić information content (AvgIpc) is 2.46. The van der Waals surface area contributed by atoms with Crippen molar-refractivity contribution in [3.05, 3.63) is 80.8 Å². The van der Waals surface area contributed by atoms with Crippen molar-refractivity contribution in [2.75, 3.05) is 0 Å². The summed E-state index contributed by atoms with van der Waals surface area (Å²) >= 11 is 13.5. The number of hydrogen-bond donors (Lipinski definition) is 0. The van der Waals surface area contributed by atoms with Crippen LogP contribution in [-0.2, 0) is 0 Å². The molecule has 3 aromatic rings. The van der Waals surface area contributed by atoms with Gasteiger partial charge in [0.2, 0.25) is 0 Å². The second kappa shape index (κ2) is 6.12. The van der Waals surface area contributed by atoms with Gasteiger partial charge in [0.25, 0.3) is 0 Å². The molecule has 1 atom stereocenters. The molecule has 0 aromatic heterocycles. The van der Waals surface area contributed by atoms with Crippen LogP contribution < -0.4 is 0 Å². The fourth-order valence-electron chi connectivity index (χ4n) is 2.60. The Hall–Kier alpha value is -0.830. The molecule has 0 aliphatic rings. The third-order valence-electron chi connectivity index (χ3n) is 3.68. The van der Waals surface area contributed by atoms with Gasteiger partial charge in [0.05, 0.1) is 4.83 Å². The summed E-state index contributed by atoms with van der Waals surface area (Å²) in [7, 11) is 0. The molecule has 0 N–H and O–H groups in total. The Labute approximate surface area is 146 Å². The predicted molar refractivity (Wildman–Crippen MR) is 98.6 cm³/mol. The maximum Gasteiger partial charge on any atom is 0.0664 e. The average molecular weight is 425 g/mol. The Kier molecular flexibility index (Phi) is 4.39. The summed E-state index contributed by atoms with van der Waals surface area (Å²) in [5.41, 5.74) is 3.76. The van der Waals surface area contributed by atoms with Crippen molar-refractivity contribution in [3.8, 4) is 0 Å². The van der Waals surface area contributed by atoms with E-state index in [4.69, 9.17) is 11.6 Å². The van der Waals surface area contributed by atoms with Gasteiger partial charge < -0.3 is 0 Å². The Morgan fingerprint density at radius 2 is 1.76 bits per heavy atom. The van der Waals surface area contributed by atoms with Crippen LogP contribution >= 0.6 is 43.5 Å². The van der Waals surface area contributed by atoms with E-state index < -0.39 is 0 Å². The third kappa shape index (κ3) is 2.90. The van der Waals surface area contributed by atoms with E-state index in [2.05, 4.69) is 81.2 Å². The lowest BCUT2D eigenvalue weighted by Crippen LogP contribution is -1.98. The van der Waals surface area contributed by atoms with Crippen LogP contribution in [0.15, 0.2) is 59.1 Å². The quantitative estimate of drug-likeness (QED) is 0.387. The summed E-state index contributed by atoms with van der Waals surface area (Å²) in [5.74, 6) is 0. The number of aryl methyl sites for hydroxylation is 1. The van der Waals surface area contributed by atoms with Gasteiger partial charge in [-0.2, -0.15) is 0 Å². The van der Waals surface area contributed by atoms with Crippen molar-refractivity contribution < 1.29 is 0 Å². The van der Waals surface area contributed by atoms with Crippen molar-refractivity contribution in [1.82, 2.24) is 0 Å². The topological polar surface area (TPSA) is 0 Å². The van der Waals surface area contributed by atoms with Crippen LogP contribution in [0.5, 0.6) is 0 Å². The molecule has 0 nitrogen and oxygen atoms in total. The summed E-state index contributed by atoms with van der Waals surface area (Å²) in [5, 5.41) is 3.27. The number of hydrogen-bond acceptors (Lipinski definition) is 0. The summed E-state index contributed by atoms with van der Waals surface area (Å²) in [6, 6.07) is 18.8. The molecule has 1 unspecified atom stereocenters. The van der Waals surface area contributed by atoms with Gasteiger partial charge in [-0.1, -0.05) is 85.9 Å². The molecule has 0 amide bonds. The first-order valence-corrected chi connectivity index (χ1v) is 8.74. The summed E-state index contributed by atoms with van der Waals surface area (Å²) in [6.07, 6.45) is 0. The molecule has 0 fully saturated rings. The molecule has 0 heterocycles. The molecule has 0 spiro atoms. The Balaban J connectivity index is 2.21. The molecule has 0 aliphatic heterocycles. The van der Waals surface area contributed by atoms with Crippen molar-refractivity contribution in [1.29, 1.82) is 0 Å². The maximum absolute atomic E-state index is 6.05. The molecular weight excluding hydrogens is 411 g/mol. The van der Waals surface area contributed by atoms with E-state index in [1.54, 1.807) is 0 Å².